The van der Waals surface area contributed by atoms with Gasteiger partial charge in [-0.2, -0.15) is 0 Å². The van der Waals surface area contributed by atoms with Gasteiger partial charge in [0.15, 0.2) is 0 Å². The third kappa shape index (κ3) is 4.03. The third-order valence-electron chi connectivity index (χ3n) is 5.04. The summed E-state index contributed by atoms with van der Waals surface area (Å²) in [5, 5.41) is 0. The molecule has 0 bridgehead atoms. The van der Waals surface area contributed by atoms with Crippen LogP contribution in [-0.4, -0.2) is 39.5 Å². The molecule has 0 saturated carbocycles. The Balaban J connectivity index is 1.59. The summed E-state index contributed by atoms with van der Waals surface area (Å²) < 4.78 is 26.7. The van der Waals surface area contributed by atoms with E-state index in [-0.39, 0.29) is 35.1 Å². The predicted molar refractivity (Wildman–Crippen MR) is 108 cm³/mol. The van der Waals surface area contributed by atoms with E-state index in [2.05, 4.69) is 25.9 Å². The fourth-order valence-electron chi connectivity index (χ4n) is 3.56. The molecule has 0 radical (unpaired) electrons. The lowest BCUT2D eigenvalue weighted by Crippen LogP contribution is -2.51. The van der Waals surface area contributed by atoms with Gasteiger partial charge in [0.25, 0.3) is 5.91 Å². The van der Waals surface area contributed by atoms with Crippen LogP contribution in [0.1, 0.15) is 30.1 Å². The second kappa shape index (κ2) is 8.32. The lowest BCUT2D eigenvalue weighted by Gasteiger charge is -2.39. The van der Waals surface area contributed by atoms with Crippen LogP contribution in [0.5, 0.6) is 5.88 Å². The summed E-state index contributed by atoms with van der Waals surface area (Å²) in [7, 11) is 0. The number of carbonyl (C=O) groups is 1. The minimum Gasteiger partial charge on any atom is -0.472 e. The third-order valence-corrected chi connectivity index (χ3v) is 5.51. The van der Waals surface area contributed by atoms with E-state index >= 15 is 0 Å². The van der Waals surface area contributed by atoms with Gasteiger partial charge < -0.3 is 14.1 Å². The zero-order valence-electron chi connectivity index (χ0n) is 15.7. The molecule has 4 rings (SSSR count). The molecule has 2 aromatic heterocycles. The quantitative estimate of drug-likeness (QED) is 0.564. The molecular formula is C21H19BrFN3O3. The molecule has 29 heavy (non-hydrogen) atoms. The summed E-state index contributed by atoms with van der Waals surface area (Å²) in [5.74, 6) is -0.231. The number of rotatable bonds is 4. The molecule has 3 aromatic rings. The number of ether oxygens (including phenoxy) is 1. The van der Waals surface area contributed by atoms with E-state index in [9.17, 15) is 9.18 Å². The number of aromatic nitrogens is 2. The van der Waals surface area contributed by atoms with Crippen molar-refractivity contribution in [2.75, 3.05) is 6.54 Å². The summed E-state index contributed by atoms with van der Waals surface area (Å²) >= 11 is 3.35. The molecule has 1 amide bonds. The fourth-order valence-corrected chi connectivity index (χ4v) is 3.80. The highest BCUT2D eigenvalue weighted by Crippen LogP contribution is 2.30. The maximum Gasteiger partial charge on any atom is 0.255 e. The van der Waals surface area contributed by atoms with E-state index in [4.69, 9.17) is 9.15 Å². The molecule has 1 saturated heterocycles. The van der Waals surface area contributed by atoms with Crippen molar-refractivity contribution in [3.8, 4) is 17.3 Å². The molecule has 2 atom stereocenters. The molecule has 0 aliphatic carbocycles. The highest BCUT2D eigenvalue weighted by atomic mass is 79.9. The van der Waals surface area contributed by atoms with Crippen molar-refractivity contribution in [1.82, 2.24) is 14.9 Å². The van der Waals surface area contributed by atoms with Crippen LogP contribution in [0, 0.1) is 5.82 Å². The Kier molecular flexibility index (Phi) is 5.62. The second-order valence-corrected chi connectivity index (χ2v) is 7.77. The Labute approximate surface area is 175 Å². The van der Waals surface area contributed by atoms with Gasteiger partial charge in [-0.15, -0.1) is 0 Å². The van der Waals surface area contributed by atoms with E-state index in [1.54, 1.807) is 23.2 Å². The van der Waals surface area contributed by atoms with Gasteiger partial charge in [-0.3, -0.25) is 4.79 Å². The Morgan fingerprint density at radius 3 is 2.90 bits per heavy atom. The maximum atomic E-state index is 14.5. The molecule has 2 unspecified atom stereocenters. The molecule has 150 valence electrons. The van der Waals surface area contributed by atoms with Gasteiger partial charge in [-0.25, -0.2) is 14.4 Å². The van der Waals surface area contributed by atoms with Gasteiger partial charge in [0.1, 0.15) is 18.2 Å². The van der Waals surface area contributed by atoms with E-state index in [0.717, 1.165) is 17.3 Å². The Bertz CT molecular complexity index is 995. The molecule has 1 aliphatic heterocycles. The fraction of sp³-hybridized carbons (Fsp3) is 0.286. The zero-order chi connectivity index (χ0) is 20.4. The lowest BCUT2D eigenvalue weighted by atomic mass is 9.97. The monoisotopic (exact) mass is 459 g/mol. The molecule has 1 fully saturated rings. The number of oxazole rings is 1. The zero-order valence-corrected chi connectivity index (χ0v) is 17.3. The van der Waals surface area contributed by atoms with E-state index in [1.165, 1.54) is 24.6 Å². The topological polar surface area (TPSA) is 68.5 Å². The predicted octanol–water partition coefficient (Wildman–Crippen LogP) is 4.71. The maximum absolute atomic E-state index is 14.5. The van der Waals surface area contributed by atoms with Gasteiger partial charge in [-0.1, -0.05) is 6.07 Å². The molecule has 0 N–H and O–H groups in total. The number of nitrogens with zero attached hydrogens (tertiary/aromatic N) is 3. The van der Waals surface area contributed by atoms with Crippen LogP contribution in [0.2, 0.25) is 0 Å². The molecule has 6 nitrogen and oxygen atoms in total. The Morgan fingerprint density at radius 2 is 2.17 bits per heavy atom. The number of amides is 1. The molecule has 3 heterocycles. The summed E-state index contributed by atoms with van der Waals surface area (Å²) in [6.45, 7) is 2.50. The van der Waals surface area contributed by atoms with Crippen LogP contribution in [0.25, 0.3) is 11.5 Å². The highest BCUT2D eigenvalue weighted by molar-refractivity contribution is 9.10. The van der Waals surface area contributed by atoms with E-state index < -0.39 is 5.82 Å². The minimum absolute atomic E-state index is 0.0762. The van der Waals surface area contributed by atoms with E-state index in [1.807, 2.05) is 13.0 Å². The number of carbonyl (C=O) groups excluding carboxylic acids is 1. The molecule has 1 aromatic carbocycles. The number of hydrogen-bond acceptors (Lipinski definition) is 5. The van der Waals surface area contributed by atoms with E-state index in [0.29, 0.717) is 12.4 Å². The van der Waals surface area contributed by atoms with Crippen molar-refractivity contribution in [3.63, 3.8) is 0 Å². The van der Waals surface area contributed by atoms with Crippen molar-refractivity contribution in [2.45, 2.75) is 31.9 Å². The number of piperidine rings is 1. The molecule has 1 aliphatic rings. The smallest absolute Gasteiger partial charge is 0.255 e. The van der Waals surface area contributed by atoms with Crippen LogP contribution in [-0.2, 0) is 0 Å². The van der Waals surface area contributed by atoms with Crippen molar-refractivity contribution < 1.29 is 18.3 Å². The SMILES string of the molecule is CC1C(Oc2ccc(Br)cn2)CCCN1C(=O)c1cccc(F)c1-c1ncco1. The summed E-state index contributed by atoms with van der Waals surface area (Å²) in [5.41, 5.74) is 0.300. The van der Waals surface area contributed by atoms with Crippen LogP contribution in [0.3, 0.4) is 0 Å². The number of benzene rings is 1. The number of halogens is 2. The number of likely N-dealkylation sites (tertiary alicyclic amines) is 1. The average molecular weight is 460 g/mol. The second-order valence-electron chi connectivity index (χ2n) is 6.85. The summed E-state index contributed by atoms with van der Waals surface area (Å²) in [6, 6.07) is 7.84. The number of hydrogen-bond donors (Lipinski definition) is 0. The largest absolute Gasteiger partial charge is 0.472 e. The standard InChI is InChI=1S/C21H19BrFN3O3/c1-13-17(29-18-8-7-14(22)12-25-18)6-3-10-26(13)21(27)15-4-2-5-16(23)19(15)20-24-9-11-28-20/h2,4-5,7-9,11-13,17H,3,6,10H2,1H3. The van der Waals surface area contributed by atoms with Gasteiger partial charge >= 0.3 is 0 Å². The first-order chi connectivity index (χ1) is 14.0. The normalized spacial score (nSPS) is 19.2. The highest BCUT2D eigenvalue weighted by Gasteiger charge is 2.35. The van der Waals surface area contributed by atoms with Crippen LogP contribution in [0.15, 0.2) is 57.9 Å². The molecule has 8 heteroatoms. The number of pyridine rings is 1. The molecule has 0 spiro atoms. The van der Waals surface area contributed by atoms with Crippen LogP contribution < -0.4 is 4.74 Å². The summed E-state index contributed by atoms with van der Waals surface area (Å²) in [6.07, 6.45) is 5.82. The summed E-state index contributed by atoms with van der Waals surface area (Å²) in [4.78, 5) is 23.3. The Morgan fingerprint density at radius 1 is 1.31 bits per heavy atom. The minimum atomic E-state index is -0.546. The first-order valence-electron chi connectivity index (χ1n) is 9.32. The van der Waals surface area contributed by atoms with Crippen molar-refractivity contribution in [3.05, 3.63) is 64.8 Å². The average Bonchev–Trinajstić information content (AvgIpc) is 3.25. The first-order valence-corrected chi connectivity index (χ1v) is 10.1. The van der Waals surface area contributed by atoms with Crippen molar-refractivity contribution in [2.24, 2.45) is 0 Å². The lowest BCUT2D eigenvalue weighted by molar-refractivity contribution is 0.0266. The van der Waals surface area contributed by atoms with Crippen molar-refractivity contribution in [1.29, 1.82) is 0 Å². The van der Waals surface area contributed by atoms with Crippen LogP contribution >= 0.6 is 15.9 Å². The Hall–Kier alpha value is -2.74. The van der Waals surface area contributed by atoms with Gasteiger partial charge in [0, 0.05) is 23.3 Å². The van der Waals surface area contributed by atoms with Crippen molar-refractivity contribution >= 4 is 21.8 Å². The molecular weight excluding hydrogens is 441 g/mol. The van der Waals surface area contributed by atoms with Crippen LogP contribution in [0.4, 0.5) is 4.39 Å². The van der Waals surface area contributed by atoms with Gasteiger partial charge in [0.05, 0.1) is 23.4 Å². The van der Waals surface area contributed by atoms with Gasteiger partial charge in [-0.05, 0) is 53.9 Å². The van der Waals surface area contributed by atoms with Gasteiger partial charge in [0.2, 0.25) is 11.8 Å². The first kappa shape index (κ1) is 19.6.